The minimum Gasteiger partial charge on any atom is -0.486 e. The summed E-state index contributed by atoms with van der Waals surface area (Å²) in [6.07, 6.45) is 0. The molecular formula is C16H14ClNO7S. The Kier molecular flexibility index (Phi) is 6.17. The smallest absolute Gasteiger partial charge is 0.338 e. The number of ether oxygens (including phenoxy) is 2. The van der Waals surface area contributed by atoms with Crippen molar-refractivity contribution in [2.45, 2.75) is 4.90 Å². The quantitative estimate of drug-likeness (QED) is 0.399. The normalized spacial score (nSPS) is 11.0. The summed E-state index contributed by atoms with van der Waals surface area (Å²) in [6, 6.07) is 9.16. The third-order valence-electron chi connectivity index (χ3n) is 3.36. The van der Waals surface area contributed by atoms with Gasteiger partial charge in [-0.25, -0.2) is 13.2 Å². The van der Waals surface area contributed by atoms with E-state index in [1.807, 2.05) is 0 Å². The average molecular weight is 400 g/mol. The topological polar surface area (TPSA) is 113 Å². The Morgan fingerprint density at radius 2 is 1.85 bits per heavy atom. The molecule has 0 aliphatic rings. The van der Waals surface area contributed by atoms with Gasteiger partial charge in [-0.15, -0.1) is 0 Å². The second-order valence-corrected chi connectivity index (χ2v) is 7.60. The van der Waals surface area contributed by atoms with Crippen LogP contribution in [0, 0.1) is 10.1 Å². The summed E-state index contributed by atoms with van der Waals surface area (Å²) < 4.78 is 34.2. The molecule has 0 fully saturated rings. The van der Waals surface area contributed by atoms with Crippen LogP contribution in [0.5, 0.6) is 5.75 Å². The zero-order chi connectivity index (χ0) is 19.3. The van der Waals surface area contributed by atoms with Gasteiger partial charge in [-0.05, 0) is 36.4 Å². The molecule has 0 N–H and O–H groups in total. The van der Waals surface area contributed by atoms with Crippen molar-refractivity contribution < 1.29 is 27.6 Å². The maximum absolute atomic E-state index is 12.2. The van der Waals surface area contributed by atoms with Gasteiger partial charge >= 0.3 is 11.7 Å². The molecule has 0 unspecified atom stereocenters. The van der Waals surface area contributed by atoms with Gasteiger partial charge in [0.15, 0.2) is 15.6 Å². The van der Waals surface area contributed by atoms with E-state index in [2.05, 4.69) is 4.74 Å². The number of rotatable bonds is 7. The summed E-state index contributed by atoms with van der Waals surface area (Å²) in [5.41, 5.74) is -0.475. The highest BCUT2D eigenvalue weighted by atomic mass is 35.5. The van der Waals surface area contributed by atoms with Gasteiger partial charge in [0.2, 0.25) is 0 Å². The SMILES string of the molecule is COC(=O)c1ccc(OCCS(=O)(=O)c2ccc(Cl)cc2)c([N+](=O)[O-])c1. The molecule has 8 nitrogen and oxygen atoms in total. The van der Waals surface area contributed by atoms with Crippen molar-refractivity contribution in [3.05, 3.63) is 63.2 Å². The maximum atomic E-state index is 12.2. The van der Waals surface area contributed by atoms with E-state index in [0.717, 1.165) is 13.2 Å². The molecule has 2 aromatic rings. The molecule has 26 heavy (non-hydrogen) atoms. The van der Waals surface area contributed by atoms with Crippen LogP contribution in [-0.2, 0) is 14.6 Å². The molecule has 0 saturated carbocycles. The molecule has 0 saturated heterocycles. The van der Waals surface area contributed by atoms with Gasteiger partial charge in [-0.1, -0.05) is 11.6 Å². The van der Waals surface area contributed by atoms with Gasteiger partial charge in [0.25, 0.3) is 0 Å². The van der Waals surface area contributed by atoms with E-state index in [4.69, 9.17) is 16.3 Å². The fourth-order valence-electron chi connectivity index (χ4n) is 2.05. The molecule has 138 valence electrons. The van der Waals surface area contributed by atoms with Crippen LogP contribution in [0.4, 0.5) is 5.69 Å². The van der Waals surface area contributed by atoms with E-state index < -0.39 is 26.4 Å². The lowest BCUT2D eigenvalue weighted by atomic mass is 10.2. The van der Waals surface area contributed by atoms with Crippen molar-refractivity contribution in [3.8, 4) is 5.75 Å². The predicted molar refractivity (Wildman–Crippen MR) is 93.4 cm³/mol. The molecule has 0 radical (unpaired) electrons. The number of carbonyl (C=O) groups excluding carboxylic acids is 1. The van der Waals surface area contributed by atoms with Crippen LogP contribution in [-0.4, -0.2) is 38.8 Å². The summed E-state index contributed by atoms with van der Waals surface area (Å²) in [6.45, 7) is -0.302. The van der Waals surface area contributed by atoms with Crippen LogP contribution in [0.25, 0.3) is 0 Å². The highest BCUT2D eigenvalue weighted by Crippen LogP contribution is 2.28. The Labute approximate surface area is 154 Å². The van der Waals surface area contributed by atoms with E-state index in [9.17, 15) is 23.3 Å². The summed E-state index contributed by atoms with van der Waals surface area (Å²) in [5.74, 6) is -1.26. The summed E-state index contributed by atoms with van der Waals surface area (Å²) in [4.78, 5) is 21.9. The van der Waals surface area contributed by atoms with Crippen molar-refractivity contribution in [3.63, 3.8) is 0 Å². The van der Waals surface area contributed by atoms with Crippen LogP contribution in [0.15, 0.2) is 47.4 Å². The third-order valence-corrected chi connectivity index (χ3v) is 5.31. The number of halogens is 1. The lowest BCUT2D eigenvalue weighted by Gasteiger charge is -2.09. The number of nitro benzene ring substituents is 1. The van der Waals surface area contributed by atoms with Gasteiger partial charge in [-0.3, -0.25) is 10.1 Å². The second kappa shape index (κ2) is 8.15. The van der Waals surface area contributed by atoms with Crippen LogP contribution in [0.2, 0.25) is 5.02 Å². The second-order valence-electron chi connectivity index (χ2n) is 5.05. The monoisotopic (exact) mass is 399 g/mol. The first kappa shape index (κ1) is 19.7. The largest absolute Gasteiger partial charge is 0.486 e. The molecule has 0 aliphatic carbocycles. The summed E-state index contributed by atoms with van der Waals surface area (Å²) in [5, 5.41) is 11.5. The molecule has 0 amide bonds. The molecule has 2 rings (SSSR count). The number of benzene rings is 2. The zero-order valence-electron chi connectivity index (χ0n) is 13.5. The predicted octanol–water partition coefficient (Wildman–Crippen LogP) is 2.89. The molecule has 0 bridgehead atoms. The number of nitro groups is 1. The number of esters is 1. The van der Waals surface area contributed by atoms with Crippen LogP contribution >= 0.6 is 11.6 Å². The molecule has 0 aromatic heterocycles. The highest BCUT2D eigenvalue weighted by molar-refractivity contribution is 7.91. The van der Waals surface area contributed by atoms with Crippen LogP contribution in [0.1, 0.15) is 10.4 Å². The average Bonchev–Trinajstić information content (AvgIpc) is 2.61. The van der Waals surface area contributed by atoms with Gasteiger partial charge < -0.3 is 9.47 Å². The number of hydrogen-bond acceptors (Lipinski definition) is 7. The van der Waals surface area contributed by atoms with Gasteiger partial charge in [-0.2, -0.15) is 0 Å². The van der Waals surface area contributed by atoms with E-state index in [-0.39, 0.29) is 28.6 Å². The number of nitrogens with zero attached hydrogens (tertiary/aromatic N) is 1. The number of sulfone groups is 1. The highest BCUT2D eigenvalue weighted by Gasteiger charge is 2.20. The lowest BCUT2D eigenvalue weighted by molar-refractivity contribution is -0.385. The first-order valence-electron chi connectivity index (χ1n) is 7.22. The minimum absolute atomic E-state index is 0.0136. The number of hydrogen-bond donors (Lipinski definition) is 0. The minimum atomic E-state index is -3.63. The zero-order valence-corrected chi connectivity index (χ0v) is 15.1. The fraction of sp³-hybridized carbons (Fsp3) is 0.188. The van der Waals surface area contributed by atoms with Gasteiger partial charge in [0, 0.05) is 11.1 Å². The molecule has 0 heterocycles. The molecule has 2 aromatic carbocycles. The Balaban J connectivity index is 2.12. The van der Waals surface area contributed by atoms with Gasteiger partial charge in [0.1, 0.15) is 6.61 Å². The van der Waals surface area contributed by atoms with Crippen molar-refractivity contribution in [1.82, 2.24) is 0 Å². The molecule has 0 spiro atoms. The fourth-order valence-corrected chi connectivity index (χ4v) is 3.26. The molecule has 0 aliphatic heterocycles. The standard InChI is InChI=1S/C16H14ClNO7S/c1-24-16(19)11-2-7-15(14(10-11)18(20)21)25-8-9-26(22,23)13-5-3-12(17)4-6-13/h2-7,10H,8-9H2,1H3. The Morgan fingerprint density at radius 1 is 1.19 bits per heavy atom. The first-order chi connectivity index (χ1) is 12.2. The Hall–Kier alpha value is -2.65. The van der Waals surface area contributed by atoms with Crippen molar-refractivity contribution >= 4 is 33.1 Å². The summed E-state index contributed by atoms with van der Waals surface area (Å²) in [7, 11) is -2.48. The lowest BCUT2D eigenvalue weighted by Crippen LogP contribution is -2.15. The molecular weight excluding hydrogens is 386 g/mol. The third kappa shape index (κ3) is 4.70. The molecule has 10 heteroatoms. The number of methoxy groups -OCH3 is 1. The number of carbonyl (C=O) groups is 1. The Morgan fingerprint density at radius 3 is 2.42 bits per heavy atom. The first-order valence-corrected chi connectivity index (χ1v) is 9.25. The maximum Gasteiger partial charge on any atom is 0.338 e. The van der Waals surface area contributed by atoms with Crippen molar-refractivity contribution in [2.75, 3.05) is 19.5 Å². The van der Waals surface area contributed by atoms with E-state index in [1.165, 1.54) is 36.4 Å². The van der Waals surface area contributed by atoms with Crippen LogP contribution in [0.3, 0.4) is 0 Å². The van der Waals surface area contributed by atoms with Gasteiger partial charge in [0.05, 0.1) is 28.2 Å². The van der Waals surface area contributed by atoms with E-state index >= 15 is 0 Å². The van der Waals surface area contributed by atoms with E-state index in [1.54, 1.807) is 0 Å². The van der Waals surface area contributed by atoms with Crippen molar-refractivity contribution in [1.29, 1.82) is 0 Å². The Bertz CT molecular complexity index is 926. The van der Waals surface area contributed by atoms with Crippen LogP contribution < -0.4 is 4.74 Å². The van der Waals surface area contributed by atoms with E-state index in [0.29, 0.717) is 5.02 Å². The summed E-state index contributed by atoms with van der Waals surface area (Å²) >= 11 is 5.72. The molecule has 0 atom stereocenters. The van der Waals surface area contributed by atoms with Crippen molar-refractivity contribution in [2.24, 2.45) is 0 Å².